The van der Waals surface area contributed by atoms with Gasteiger partial charge in [-0.3, -0.25) is 9.59 Å². The fraction of sp³-hybridized carbons (Fsp3) is 0.0714. The molecule has 3 N–H and O–H groups in total. The molecule has 2 rings (SSSR count). The smallest absolute Gasteiger partial charge is 0.264 e. The molecule has 0 aliphatic heterocycles. The van der Waals surface area contributed by atoms with Gasteiger partial charge >= 0.3 is 0 Å². The molecule has 0 spiro atoms. The molecule has 106 valence electrons. The fourth-order valence-corrected chi connectivity index (χ4v) is 1.72. The summed E-state index contributed by atoms with van der Waals surface area (Å²) < 4.78 is 0. The molecule has 0 fully saturated rings. The minimum absolute atomic E-state index is 0.222. The number of carbonyl (C=O) groups is 1. The van der Waals surface area contributed by atoms with E-state index in [4.69, 9.17) is 16.7 Å². The molecule has 0 saturated carbocycles. The van der Waals surface area contributed by atoms with E-state index in [0.717, 1.165) is 0 Å². The number of anilines is 1. The maximum absolute atomic E-state index is 12.0. The van der Waals surface area contributed by atoms with Crippen LogP contribution in [0.15, 0.2) is 35.1 Å². The summed E-state index contributed by atoms with van der Waals surface area (Å²) in [6, 6.07) is 7.24. The molecule has 1 heterocycles. The molecular formula is C14H10ClN3O3. The number of H-pyrrole nitrogens is 1. The predicted octanol–water partition coefficient (Wildman–Crippen LogP) is 1.02. The monoisotopic (exact) mass is 303 g/mol. The number of benzene rings is 1. The van der Waals surface area contributed by atoms with Crippen LogP contribution in [-0.4, -0.2) is 27.8 Å². The van der Waals surface area contributed by atoms with Crippen molar-refractivity contribution in [3.63, 3.8) is 0 Å². The Morgan fingerprint density at radius 2 is 2.19 bits per heavy atom. The molecule has 21 heavy (non-hydrogen) atoms. The summed E-state index contributed by atoms with van der Waals surface area (Å²) in [7, 11) is 0. The molecule has 6 nitrogen and oxygen atoms in total. The van der Waals surface area contributed by atoms with Gasteiger partial charge in [-0.1, -0.05) is 23.4 Å². The third kappa shape index (κ3) is 3.92. The van der Waals surface area contributed by atoms with E-state index in [0.29, 0.717) is 16.1 Å². The largest absolute Gasteiger partial charge is 0.384 e. The lowest BCUT2D eigenvalue weighted by Gasteiger charge is -2.05. The number of nitrogens with zero attached hydrogens (tertiary/aromatic N) is 1. The van der Waals surface area contributed by atoms with Crippen molar-refractivity contribution in [2.24, 2.45) is 0 Å². The molecular weight excluding hydrogens is 294 g/mol. The van der Waals surface area contributed by atoms with Crippen LogP contribution in [0.2, 0.25) is 5.02 Å². The van der Waals surface area contributed by atoms with E-state index < -0.39 is 5.91 Å². The van der Waals surface area contributed by atoms with E-state index in [-0.39, 0.29) is 18.0 Å². The van der Waals surface area contributed by atoms with Crippen molar-refractivity contribution in [1.82, 2.24) is 10.2 Å². The molecule has 0 aliphatic carbocycles. The minimum atomic E-state index is -0.418. The molecule has 0 aliphatic rings. The lowest BCUT2D eigenvalue weighted by atomic mass is 10.1. The number of aromatic nitrogens is 2. The maximum atomic E-state index is 12.0. The van der Waals surface area contributed by atoms with E-state index in [1.54, 1.807) is 12.1 Å². The number of rotatable bonds is 2. The Morgan fingerprint density at radius 1 is 1.38 bits per heavy atom. The van der Waals surface area contributed by atoms with Crippen molar-refractivity contribution in [3.8, 4) is 11.8 Å². The lowest BCUT2D eigenvalue weighted by molar-refractivity contribution is 0.102. The Hall–Kier alpha value is -2.62. The van der Waals surface area contributed by atoms with Crippen LogP contribution in [0.5, 0.6) is 0 Å². The van der Waals surface area contributed by atoms with Crippen LogP contribution in [0.25, 0.3) is 0 Å². The molecule has 1 aromatic heterocycles. The molecule has 7 heteroatoms. The first-order chi connectivity index (χ1) is 10.1. The van der Waals surface area contributed by atoms with E-state index in [1.807, 2.05) is 0 Å². The number of hydrogen-bond donors (Lipinski definition) is 3. The van der Waals surface area contributed by atoms with Crippen molar-refractivity contribution >= 4 is 23.3 Å². The first-order valence-electron chi connectivity index (χ1n) is 5.86. The van der Waals surface area contributed by atoms with Crippen molar-refractivity contribution < 1.29 is 9.90 Å². The summed E-state index contributed by atoms with van der Waals surface area (Å²) in [5.74, 6) is 4.95. The number of halogens is 1. The highest BCUT2D eigenvalue weighted by atomic mass is 35.5. The third-order valence-corrected chi connectivity index (χ3v) is 2.77. The Kier molecular flexibility index (Phi) is 4.72. The Bertz CT molecular complexity index is 770. The van der Waals surface area contributed by atoms with Crippen molar-refractivity contribution in [2.75, 3.05) is 11.9 Å². The zero-order valence-electron chi connectivity index (χ0n) is 10.7. The SMILES string of the molecule is O=C(Nc1ccc(=O)[nH]n1)c1ccc(C#CCO)c(Cl)c1. The van der Waals surface area contributed by atoms with Crippen LogP contribution < -0.4 is 10.9 Å². The minimum Gasteiger partial charge on any atom is -0.384 e. The zero-order chi connectivity index (χ0) is 15.2. The maximum Gasteiger partial charge on any atom is 0.264 e. The highest BCUT2D eigenvalue weighted by Gasteiger charge is 2.09. The number of hydrogen-bond acceptors (Lipinski definition) is 4. The number of aliphatic hydroxyl groups is 1. The van der Waals surface area contributed by atoms with E-state index in [2.05, 4.69) is 27.4 Å². The molecule has 0 saturated heterocycles. The van der Waals surface area contributed by atoms with Crippen LogP contribution >= 0.6 is 11.6 Å². The number of aromatic amines is 1. The predicted molar refractivity (Wildman–Crippen MR) is 78.2 cm³/mol. The fourth-order valence-electron chi connectivity index (χ4n) is 1.50. The topological polar surface area (TPSA) is 95.1 Å². The molecule has 0 bridgehead atoms. The van der Waals surface area contributed by atoms with Gasteiger partial charge in [0.25, 0.3) is 11.5 Å². The summed E-state index contributed by atoms with van der Waals surface area (Å²) in [4.78, 5) is 22.9. The van der Waals surface area contributed by atoms with Gasteiger partial charge < -0.3 is 10.4 Å². The molecule has 0 radical (unpaired) electrons. The summed E-state index contributed by atoms with van der Waals surface area (Å²) >= 11 is 6.01. The van der Waals surface area contributed by atoms with Crippen LogP contribution in [-0.2, 0) is 0 Å². The van der Waals surface area contributed by atoms with Crippen LogP contribution in [0.3, 0.4) is 0 Å². The Labute approximate surface area is 124 Å². The average Bonchev–Trinajstić information content (AvgIpc) is 2.48. The average molecular weight is 304 g/mol. The van der Waals surface area contributed by atoms with Crippen molar-refractivity contribution in [1.29, 1.82) is 0 Å². The van der Waals surface area contributed by atoms with Gasteiger partial charge in [0.2, 0.25) is 0 Å². The van der Waals surface area contributed by atoms with E-state index >= 15 is 0 Å². The molecule has 0 unspecified atom stereocenters. The van der Waals surface area contributed by atoms with Gasteiger partial charge in [0.15, 0.2) is 5.82 Å². The van der Waals surface area contributed by atoms with Gasteiger partial charge in [0.05, 0.1) is 5.02 Å². The van der Waals surface area contributed by atoms with Gasteiger partial charge in [-0.2, -0.15) is 5.10 Å². The number of carbonyl (C=O) groups excluding carboxylic acids is 1. The quantitative estimate of drug-likeness (QED) is 0.722. The number of amides is 1. The number of aliphatic hydroxyl groups excluding tert-OH is 1. The normalized spacial score (nSPS) is 9.62. The highest BCUT2D eigenvalue weighted by Crippen LogP contribution is 2.17. The summed E-state index contributed by atoms with van der Waals surface area (Å²) in [5.41, 5.74) is 0.481. The first-order valence-corrected chi connectivity index (χ1v) is 6.24. The van der Waals surface area contributed by atoms with Gasteiger partial charge in [-0.25, -0.2) is 5.10 Å². The Balaban J connectivity index is 2.18. The lowest BCUT2D eigenvalue weighted by Crippen LogP contribution is -2.15. The second kappa shape index (κ2) is 6.70. The van der Waals surface area contributed by atoms with Gasteiger partial charge in [0.1, 0.15) is 6.61 Å². The van der Waals surface area contributed by atoms with Crippen LogP contribution in [0.4, 0.5) is 5.82 Å². The molecule has 2 aromatic rings. The van der Waals surface area contributed by atoms with Crippen molar-refractivity contribution in [2.45, 2.75) is 0 Å². The summed E-state index contributed by atoms with van der Waals surface area (Å²) in [5, 5.41) is 17.3. The summed E-state index contributed by atoms with van der Waals surface area (Å²) in [6.45, 7) is -0.267. The molecule has 1 amide bonds. The van der Waals surface area contributed by atoms with Crippen molar-refractivity contribution in [3.05, 3.63) is 56.8 Å². The number of nitrogens with one attached hydrogen (secondary N) is 2. The van der Waals surface area contributed by atoms with Gasteiger partial charge in [0, 0.05) is 17.2 Å². The second-order valence-corrected chi connectivity index (χ2v) is 4.32. The second-order valence-electron chi connectivity index (χ2n) is 3.92. The summed E-state index contributed by atoms with van der Waals surface area (Å²) in [6.07, 6.45) is 0. The van der Waals surface area contributed by atoms with Gasteiger partial charge in [-0.05, 0) is 24.3 Å². The standard InChI is InChI=1S/C14H10ClN3O3/c15-11-8-10(4-3-9(11)2-1-7-19)14(21)16-12-5-6-13(20)18-17-12/h3-6,8,19H,7H2,(H,18,20)(H,16,17,21). The van der Waals surface area contributed by atoms with Gasteiger partial charge in [-0.15, -0.1) is 0 Å². The van der Waals surface area contributed by atoms with E-state index in [9.17, 15) is 9.59 Å². The van der Waals surface area contributed by atoms with Crippen LogP contribution in [0, 0.1) is 11.8 Å². The zero-order valence-corrected chi connectivity index (χ0v) is 11.4. The molecule has 0 atom stereocenters. The Morgan fingerprint density at radius 3 is 2.81 bits per heavy atom. The molecule has 1 aromatic carbocycles. The third-order valence-electron chi connectivity index (χ3n) is 2.45. The highest BCUT2D eigenvalue weighted by molar-refractivity contribution is 6.32. The first kappa shape index (κ1) is 14.8. The van der Waals surface area contributed by atoms with Crippen LogP contribution in [0.1, 0.15) is 15.9 Å². The van der Waals surface area contributed by atoms with E-state index in [1.165, 1.54) is 18.2 Å².